The average Bonchev–Trinajstić information content (AvgIpc) is 2.18. The van der Waals surface area contributed by atoms with Crippen LogP contribution in [0.3, 0.4) is 0 Å². The number of likely N-dealkylation sites (N-methyl/N-ethyl adjacent to an activating group) is 1. The molecular weight excluding hydrogens is 243 g/mol. The van der Waals surface area contributed by atoms with Crippen molar-refractivity contribution in [1.29, 1.82) is 0 Å². The lowest BCUT2D eigenvalue weighted by Crippen LogP contribution is -2.34. The molecule has 5 heteroatoms. The van der Waals surface area contributed by atoms with Crippen LogP contribution < -0.4 is 0 Å². The van der Waals surface area contributed by atoms with Gasteiger partial charge in [0.15, 0.2) is 0 Å². The van der Waals surface area contributed by atoms with E-state index in [1.807, 2.05) is 26.0 Å². The minimum Gasteiger partial charge on any atom is -0.387 e. The Morgan fingerprint density at radius 2 is 1.89 bits per heavy atom. The molecule has 0 aliphatic rings. The summed E-state index contributed by atoms with van der Waals surface area (Å²) in [5.74, 6) is 0. The summed E-state index contributed by atoms with van der Waals surface area (Å²) in [4.78, 5) is 1.08. The highest BCUT2D eigenvalue weighted by Gasteiger charge is 2.30. The SMILES string of the molecule is Cc1ccc(C)c(C(O)CN(C)CC(F)(F)F)c1. The Hall–Kier alpha value is -1.07. The van der Waals surface area contributed by atoms with Crippen molar-refractivity contribution in [1.82, 2.24) is 4.90 Å². The molecule has 0 radical (unpaired) electrons. The standard InChI is InChI=1S/C13H18F3NO/c1-9-4-5-10(2)11(6-9)12(18)7-17(3)8-13(14,15)16/h4-6,12,18H,7-8H2,1-3H3. The summed E-state index contributed by atoms with van der Waals surface area (Å²) < 4.78 is 36.5. The Bertz CT molecular complexity index is 404. The first-order valence-electron chi connectivity index (χ1n) is 5.69. The number of aryl methyl sites for hydroxylation is 2. The fraction of sp³-hybridized carbons (Fsp3) is 0.538. The van der Waals surface area contributed by atoms with Crippen molar-refractivity contribution in [2.24, 2.45) is 0 Å². The molecule has 102 valence electrons. The molecule has 0 amide bonds. The second kappa shape index (κ2) is 5.71. The van der Waals surface area contributed by atoms with E-state index in [4.69, 9.17) is 0 Å². The van der Waals surface area contributed by atoms with Gasteiger partial charge >= 0.3 is 6.18 Å². The fourth-order valence-corrected chi connectivity index (χ4v) is 1.88. The van der Waals surface area contributed by atoms with Crippen molar-refractivity contribution in [2.75, 3.05) is 20.1 Å². The number of aliphatic hydroxyl groups excluding tert-OH is 1. The molecule has 0 saturated heterocycles. The molecule has 0 saturated carbocycles. The van der Waals surface area contributed by atoms with Crippen LogP contribution in [0.2, 0.25) is 0 Å². The third-order valence-electron chi connectivity index (χ3n) is 2.73. The van der Waals surface area contributed by atoms with E-state index < -0.39 is 18.8 Å². The predicted octanol–water partition coefficient (Wildman–Crippen LogP) is 2.83. The normalized spacial score (nSPS) is 14.0. The van der Waals surface area contributed by atoms with Gasteiger partial charge in [-0.25, -0.2) is 0 Å². The molecular formula is C13H18F3NO. The Morgan fingerprint density at radius 1 is 1.28 bits per heavy atom. The van der Waals surface area contributed by atoms with Crippen LogP contribution in [0.1, 0.15) is 22.8 Å². The van der Waals surface area contributed by atoms with Crippen LogP contribution >= 0.6 is 0 Å². The molecule has 18 heavy (non-hydrogen) atoms. The Morgan fingerprint density at radius 3 is 2.44 bits per heavy atom. The van der Waals surface area contributed by atoms with Crippen LogP contribution in [0.15, 0.2) is 18.2 Å². The Kier molecular flexibility index (Phi) is 4.76. The molecule has 0 bridgehead atoms. The average molecular weight is 261 g/mol. The minimum absolute atomic E-state index is 0.0379. The number of nitrogens with zero attached hydrogens (tertiary/aromatic N) is 1. The summed E-state index contributed by atoms with van der Waals surface area (Å²) in [6.07, 6.45) is -5.15. The fourth-order valence-electron chi connectivity index (χ4n) is 1.88. The lowest BCUT2D eigenvalue weighted by molar-refractivity contribution is -0.145. The first-order valence-corrected chi connectivity index (χ1v) is 5.69. The largest absolute Gasteiger partial charge is 0.401 e. The second-order valence-corrected chi connectivity index (χ2v) is 4.69. The quantitative estimate of drug-likeness (QED) is 0.901. The highest BCUT2D eigenvalue weighted by molar-refractivity contribution is 5.32. The molecule has 1 rings (SSSR count). The molecule has 0 fully saturated rings. The summed E-state index contributed by atoms with van der Waals surface area (Å²) in [6.45, 7) is 2.66. The summed E-state index contributed by atoms with van der Waals surface area (Å²) in [6, 6.07) is 5.57. The number of halogens is 3. The van der Waals surface area contributed by atoms with Crippen molar-refractivity contribution in [3.63, 3.8) is 0 Å². The van der Waals surface area contributed by atoms with E-state index in [9.17, 15) is 18.3 Å². The van der Waals surface area contributed by atoms with E-state index in [0.717, 1.165) is 16.0 Å². The van der Waals surface area contributed by atoms with Crippen molar-refractivity contribution < 1.29 is 18.3 Å². The van der Waals surface area contributed by atoms with Crippen LogP contribution in [0.4, 0.5) is 13.2 Å². The van der Waals surface area contributed by atoms with Gasteiger partial charge in [-0.1, -0.05) is 23.8 Å². The summed E-state index contributed by atoms with van der Waals surface area (Å²) in [5, 5.41) is 9.98. The van der Waals surface area contributed by atoms with Gasteiger partial charge < -0.3 is 5.11 Å². The topological polar surface area (TPSA) is 23.5 Å². The Labute approximate surface area is 105 Å². The van der Waals surface area contributed by atoms with Crippen molar-refractivity contribution in [2.45, 2.75) is 26.1 Å². The number of aliphatic hydroxyl groups is 1. The van der Waals surface area contributed by atoms with Gasteiger partial charge in [0.05, 0.1) is 12.6 Å². The maximum Gasteiger partial charge on any atom is 0.401 e. The van der Waals surface area contributed by atoms with E-state index >= 15 is 0 Å². The first-order chi connectivity index (χ1) is 8.19. The smallest absolute Gasteiger partial charge is 0.387 e. The van der Waals surface area contributed by atoms with Gasteiger partial charge in [-0.15, -0.1) is 0 Å². The van der Waals surface area contributed by atoms with E-state index in [1.54, 1.807) is 6.07 Å². The zero-order chi connectivity index (χ0) is 13.9. The van der Waals surface area contributed by atoms with E-state index in [0.29, 0.717) is 5.56 Å². The molecule has 1 atom stereocenters. The maximum atomic E-state index is 12.2. The molecule has 0 aromatic heterocycles. The molecule has 0 aliphatic carbocycles. The number of hydrogen-bond acceptors (Lipinski definition) is 2. The van der Waals surface area contributed by atoms with Crippen molar-refractivity contribution in [3.8, 4) is 0 Å². The van der Waals surface area contributed by atoms with Crippen LogP contribution in [-0.2, 0) is 0 Å². The zero-order valence-electron chi connectivity index (χ0n) is 10.8. The number of benzene rings is 1. The summed E-state index contributed by atoms with van der Waals surface area (Å²) >= 11 is 0. The second-order valence-electron chi connectivity index (χ2n) is 4.69. The molecule has 0 spiro atoms. The van der Waals surface area contributed by atoms with Crippen molar-refractivity contribution >= 4 is 0 Å². The zero-order valence-corrected chi connectivity index (χ0v) is 10.8. The van der Waals surface area contributed by atoms with Crippen LogP contribution in [0.5, 0.6) is 0 Å². The molecule has 1 N–H and O–H groups in total. The lowest BCUT2D eigenvalue weighted by atomic mass is 10.0. The minimum atomic E-state index is -4.24. The molecule has 0 heterocycles. The predicted molar refractivity (Wildman–Crippen MR) is 64.4 cm³/mol. The van der Waals surface area contributed by atoms with E-state index in [-0.39, 0.29) is 6.54 Å². The molecule has 2 nitrogen and oxygen atoms in total. The van der Waals surface area contributed by atoms with Gasteiger partial charge in [0, 0.05) is 6.54 Å². The van der Waals surface area contributed by atoms with Crippen LogP contribution in [-0.4, -0.2) is 36.3 Å². The summed E-state index contributed by atoms with van der Waals surface area (Å²) in [7, 11) is 1.35. The molecule has 1 aromatic carbocycles. The van der Waals surface area contributed by atoms with Gasteiger partial charge in [0.1, 0.15) is 0 Å². The molecule has 0 aliphatic heterocycles. The highest BCUT2D eigenvalue weighted by atomic mass is 19.4. The highest BCUT2D eigenvalue weighted by Crippen LogP contribution is 2.22. The first kappa shape index (κ1) is 15.0. The molecule has 1 unspecified atom stereocenters. The molecule has 1 aromatic rings. The van der Waals surface area contributed by atoms with E-state index in [2.05, 4.69) is 0 Å². The van der Waals surface area contributed by atoms with Crippen LogP contribution in [0, 0.1) is 13.8 Å². The Balaban J connectivity index is 2.70. The van der Waals surface area contributed by atoms with Gasteiger partial charge in [0.25, 0.3) is 0 Å². The van der Waals surface area contributed by atoms with Crippen molar-refractivity contribution in [3.05, 3.63) is 34.9 Å². The third-order valence-corrected chi connectivity index (χ3v) is 2.73. The third kappa shape index (κ3) is 4.66. The van der Waals surface area contributed by atoms with Gasteiger partial charge in [0.2, 0.25) is 0 Å². The van der Waals surface area contributed by atoms with Gasteiger partial charge in [-0.05, 0) is 32.0 Å². The number of alkyl halides is 3. The summed E-state index contributed by atoms with van der Waals surface area (Å²) in [5.41, 5.74) is 2.55. The number of hydrogen-bond donors (Lipinski definition) is 1. The van der Waals surface area contributed by atoms with Crippen LogP contribution in [0.25, 0.3) is 0 Å². The van der Waals surface area contributed by atoms with E-state index in [1.165, 1.54) is 7.05 Å². The maximum absolute atomic E-state index is 12.2. The number of rotatable bonds is 4. The lowest BCUT2D eigenvalue weighted by Gasteiger charge is -2.23. The van der Waals surface area contributed by atoms with Gasteiger partial charge in [-0.3, -0.25) is 4.90 Å². The monoisotopic (exact) mass is 261 g/mol. The van der Waals surface area contributed by atoms with Gasteiger partial charge in [-0.2, -0.15) is 13.2 Å².